The summed E-state index contributed by atoms with van der Waals surface area (Å²) in [5, 5.41) is 8.19. The van der Waals surface area contributed by atoms with Crippen LogP contribution in [0.3, 0.4) is 0 Å². The smallest absolute Gasteiger partial charge is 0.478 e. The Hall–Kier alpha value is -1.48. The van der Waals surface area contributed by atoms with Crippen molar-refractivity contribution >= 4 is 19.3 Å². The molecule has 9 heteroatoms. The summed E-state index contributed by atoms with van der Waals surface area (Å²) < 4.78 is 26.4. The third-order valence-corrected chi connectivity index (χ3v) is 1.01. The first-order valence-electron chi connectivity index (χ1n) is 3.18. The molecule has 0 aromatic rings. The topological polar surface area (TPSA) is 82.1 Å². The SMILES string of the molecule is C/C(=C/C(=O)O)C(=O)OB(OF)OF. The van der Waals surface area contributed by atoms with Crippen LogP contribution in [0.1, 0.15) is 6.92 Å². The molecule has 0 atom stereocenters. The summed E-state index contributed by atoms with van der Waals surface area (Å²) in [4.78, 5) is 26.2. The number of hydrogen-bond donors (Lipinski definition) is 1. The van der Waals surface area contributed by atoms with Crippen LogP contribution < -0.4 is 0 Å². The highest BCUT2D eigenvalue weighted by molar-refractivity contribution is 6.39. The van der Waals surface area contributed by atoms with Gasteiger partial charge in [0.05, 0.1) is 0 Å². The normalized spacial score (nSPS) is 10.9. The van der Waals surface area contributed by atoms with Crippen LogP contribution in [-0.2, 0) is 24.0 Å². The first-order valence-corrected chi connectivity index (χ1v) is 3.18. The third kappa shape index (κ3) is 4.53. The minimum absolute atomic E-state index is 0.378. The van der Waals surface area contributed by atoms with E-state index in [1.165, 1.54) is 0 Å². The van der Waals surface area contributed by atoms with E-state index in [-0.39, 0.29) is 5.57 Å². The zero-order valence-corrected chi connectivity index (χ0v) is 6.90. The number of aliphatic carboxylic acids is 1. The molecule has 0 aliphatic heterocycles. The highest BCUT2D eigenvalue weighted by Crippen LogP contribution is 2.01. The van der Waals surface area contributed by atoms with Gasteiger partial charge in [-0.1, -0.05) is 9.05 Å². The predicted molar refractivity (Wildman–Crippen MR) is 37.6 cm³/mol. The van der Waals surface area contributed by atoms with Crippen LogP contribution in [0.5, 0.6) is 0 Å². The van der Waals surface area contributed by atoms with Crippen LogP contribution in [0.25, 0.3) is 0 Å². The Bertz CT molecular complexity index is 251. The zero-order valence-electron chi connectivity index (χ0n) is 6.90. The fourth-order valence-electron chi connectivity index (χ4n) is 0.475. The van der Waals surface area contributed by atoms with Gasteiger partial charge in [0.25, 0.3) is 0 Å². The molecule has 0 saturated heterocycles. The number of carbonyl (C=O) groups is 2. The van der Waals surface area contributed by atoms with Crippen molar-refractivity contribution in [3.63, 3.8) is 0 Å². The maximum absolute atomic E-state index is 11.3. The number of hydrogen-bond acceptors (Lipinski definition) is 5. The molecule has 0 aliphatic rings. The molecule has 14 heavy (non-hydrogen) atoms. The van der Waals surface area contributed by atoms with Gasteiger partial charge in [-0.15, -0.1) is 0 Å². The molecule has 0 spiro atoms. The van der Waals surface area contributed by atoms with Gasteiger partial charge in [0.15, 0.2) is 0 Å². The molecule has 0 aromatic carbocycles. The van der Waals surface area contributed by atoms with E-state index in [1.807, 2.05) is 0 Å². The van der Waals surface area contributed by atoms with Crippen LogP contribution in [0.2, 0.25) is 0 Å². The molecule has 0 unspecified atom stereocenters. The molecular formula is C5H5BF2O6. The maximum atomic E-state index is 11.3. The molecule has 0 amide bonds. The van der Waals surface area contributed by atoms with Gasteiger partial charge in [-0.25, -0.2) is 9.59 Å². The molecule has 78 valence electrons. The fourth-order valence-corrected chi connectivity index (χ4v) is 0.475. The summed E-state index contributed by atoms with van der Waals surface area (Å²) >= 11 is 0. The van der Waals surface area contributed by atoms with Crippen molar-refractivity contribution in [2.24, 2.45) is 0 Å². The van der Waals surface area contributed by atoms with Crippen molar-refractivity contribution in [3.8, 4) is 0 Å². The molecule has 0 bridgehead atoms. The van der Waals surface area contributed by atoms with Crippen LogP contribution >= 0.6 is 0 Å². The Morgan fingerprint density at radius 1 is 1.36 bits per heavy atom. The summed E-state index contributed by atoms with van der Waals surface area (Å²) in [6.45, 7) is 1.07. The average molecular weight is 210 g/mol. The molecule has 1 N–H and O–H groups in total. The van der Waals surface area contributed by atoms with Gasteiger partial charge in [-0.3, -0.25) is 0 Å². The van der Waals surface area contributed by atoms with Gasteiger partial charge < -0.3 is 9.76 Å². The second-order valence-electron chi connectivity index (χ2n) is 2.04. The first kappa shape index (κ1) is 12.5. The maximum Gasteiger partial charge on any atom is 0.780 e. The summed E-state index contributed by atoms with van der Waals surface area (Å²) in [7, 11) is -2.46. The molecule has 0 aromatic heterocycles. The van der Waals surface area contributed by atoms with Crippen molar-refractivity contribution in [1.82, 2.24) is 0 Å². The fraction of sp³-hybridized carbons (Fsp3) is 0.200. The lowest BCUT2D eigenvalue weighted by Gasteiger charge is -2.03. The van der Waals surface area contributed by atoms with Gasteiger partial charge in [-0.05, 0) is 6.92 Å². The molecule has 0 heterocycles. The average Bonchev–Trinajstić information content (AvgIpc) is 2.12. The lowest BCUT2D eigenvalue weighted by atomic mass is 10.2. The molecule has 0 saturated carbocycles. The van der Waals surface area contributed by atoms with Crippen molar-refractivity contribution in [2.45, 2.75) is 6.92 Å². The highest BCUT2D eigenvalue weighted by Gasteiger charge is 2.30. The standard InChI is InChI=1S/C5H5BF2O6/c1-3(2-4(9)10)5(11)12-6(13-7)14-8/h2H,1H3,(H,9,10)/b3-2-. The van der Waals surface area contributed by atoms with Crippen LogP contribution in [-0.4, -0.2) is 24.4 Å². The molecule has 0 aliphatic carbocycles. The Kier molecular flexibility index (Phi) is 5.41. The van der Waals surface area contributed by atoms with E-state index in [2.05, 4.69) is 14.4 Å². The Labute approximate surface area is 77.0 Å². The minimum atomic E-state index is -2.46. The number of rotatable bonds is 5. The van der Waals surface area contributed by atoms with E-state index in [9.17, 15) is 18.6 Å². The second-order valence-corrected chi connectivity index (χ2v) is 2.04. The minimum Gasteiger partial charge on any atom is -0.478 e. The Morgan fingerprint density at radius 2 is 1.86 bits per heavy atom. The van der Waals surface area contributed by atoms with Crippen molar-refractivity contribution in [2.75, 3.05) is 0 Å². The van der Waals surface area contributed by atoms with E-state index < -0.39 is 19.3 Å². The zero-order chi connectivity index (χ0) is 11.1. The number of halogens is 2. The van der Waals surface area contributed by atoms with Gasteiger partial charge >= 0.3 is 19.3 Å². The summed E-state index contributed by atoms with van der Waals surface area (Å²) in [6.07, 6.45) is 0.496. The second kappa shape index (κ2) is 6.05. The van der Waals surface area contributed by atoms with Gasteiger partial charge in [-0.2, -0.15) is 9.72 Å². The van der Waals surface area contributed by atoms with Crippen molar-refractivity contribution in [3.05, 3.63) is 11.6 Å². The number of carbonyl (C=O) groups excluding carboxylic acids is 1. The number of carboxylic acids is 1. The first-order chi connectivity index (χ1) is 6.51. The monoisotopic (exact) mass is 210 g/mol. The van der Waals surface area contributed by atoms with Crippen LogP contribution in [0.4, 0.5) is 9.05 Å². The third-order valence-electron chi connectivity index (χ3n) is 1.01. The quantitative estimate of drug-likeness (QED) is 0.520. The molecule has 0 radical (unpaired) electrons. The molecule has 0 rings (SSSR count). The Balaban J connectivity index is 4.27. The van der Waals surface area contributed by atoms with E-state index in [4.69, 9.17) is 5.11 Å². The summed E-state index contributed by atoms with van der Waals surface area (Å²) in [5.74, 6) is -2.69. The van der Waals surface area contributed by atoms with E-state index >= 15 is 0 Å². The number of carboxylic acid groups (broad SMARTS) is 1. The van der Waals surface area contributed by atoms with Gasteiger partial charge in [0.1, 0.15) is 0 Å². The predicted octanol–water partition coefficient (Wildman–Crippen LogP) is 0.348. The molecule has 0 fully saturated rings. The summed E-state index contributed by atoms with van der Waals surface area (Å²) in [6, 6.07) is 0. The van der Waals surface area contributed by atoms with Crippen LogP contribution in [0, 0.1) is 0 Å². The van der Waals surface area contributed by atoms with E-state index in [1.54, 1.807) is 0 Å². The molecular weight excluding hydrogens is 205 g/mol. The van der Waals surface area contributed by atoms with Gasteiger partial charge in [0.2, 0.25) is 0 Å². The van der Waals surface area contributed by atoms with E-state index in [0.717, 1.165) is 6.92 Å². The Morgan fingerprint density at radius 3 is 2.21 bits per heavy atom. The molecule has 6 nitrogen and oxygen atoms in total. The lowest BCUT2D eigenvalue weighted by Crippen LogP contribution is -2.25. The van der Waals surface area contributed by atoms with E-state index in [0.29, 0.717) is 6.08 Å². The van der Waals surface area contributed by atoms with Crippen molar-refractivity contribution in [1.29, 1.82) is 0 Å². The van der Waals surface area contributed by atoms with Crippen molar-refractivity contribution < 1.29 is 38.1 Å². The van der Waals surface area contributed by atoms with Crippen LogP contribution in [0.15, 0.2) is 11.6 Å². The largest absolute Gasteiger partial charge is 0.780 e. The highest BCUT2D eigenvalue weighted by atomic mass is 19.3. The van der Waals surface area contributed by atoms with Gasteiger partial charge in [0, 0.05) is 11.6 Å². The summed E-state index contributed by atoms with van der Waals surface area (Å²) in [5.41, 5.74) is -0.378. The lowest BCUT2D eigenvalue weighted by molar-refractivity contribution is -0.159.